The first-order chi connectivity index (χ1) is 10.5. The average Bonchev–Trinajstić information content (AvgIpc) is 2.83. The van der Waals surface area contributed by atoms with Crippen LogP contribution < -0.4 is 10.6 Å². The van der Waals surface area contributed by atoms with Gasteiger partial charge < -0.3 is 10.6 Å². The second-order valence-electron chi connectivity index (χ2n) is 5.01. The zero-order chi connectivity index (χ0) is 15.7. The second kappa shape index (κ2) is 6.32. The second-order valence-corrected chi connectivity index (χ2v) is 7.36. The van der Waals surface area contributed by atoms with Crippen molar-refractivity contribution in [1.29, 1.82) is 0 Å². The topological polar surface area (TPSA) is 37.0 Å². The van der Waals surface area contributed by atoms with Gasteiger partial charge in [-0.2, -0.15) is 0 Å². The summed E-state index contributed by atoms with van der Waals surface area (Å²) in [5, 5.41) is 7.64. The van der Waals surface area contributed by atoms with E-state index in [4.69, 9.17) is 12.2 Å². The van der Waals surface area contributed by atoms with Gasteiger partial charge in [-0.05, 0) is 73.6 Å². The van der Waals surface area contributed by atoms with Gasteiger partial charge in [-0.1, -0.05) is 27.3 Å². The van der Waals surface area contributed by atoms with Crippen molar-refractivity contribution >= 4 is 65.6 Å². The molecular weight excluding hydrogens is 378 g/mol. The van der Waals surface area contributed by atoms with Crippen LogP contribution in [0.4, 0.5) is 10.8 Å². The van der Waals surface area contributed by atoms with E-state index in [1.165, 1.54) is 11.1 Å². The normalized spacial score (nSPS) is 10.7. The monoisotopic (exact) mass is 391 g/mol. The molecule has 0 amide bonds. The van der Waals surface area contributed by atoms with Crippen LogP contribution >= 0.6 is 39.5 Å². The number of nitrogens with zero attached hydrogens (tertiary/aromatic N) is 1. The predicted octanol–water partition coefficient (Wildman–Crippen LogP) is 5.48. The summed E-state index contributed by atoms with van der Waals surface area (Å²) < 4.78 is 2.20. The molecule has 1 heterocycles. The summed E-state index contributed by atoms with van der Waals surface area (Å²) in [5.41, 5.74) is 4.47. The smallest absolute Gasteiger partial charge is 0.190 e. The van der Waals surface area contributed by atoms with Crippen LogP contribution in [0.3, 0.4) is 0 Å². The summed E-state index contributed by atoms with van der Waals surface area (Å²) in [6.45, 7) is 4.21. The van der Waals surface area contributed by atoms with E-state index >= 15 is 0 Å². The summed E-state index contributed by atoms with van der Waals surface area (Å²) >= 11 is 10.4. The SMILES string of the molecule is Cc1cc2nc(NC(=S)Nc3ccc(Br)cc3)sc2cc1C. The Morgan fingerprint density at radius 2 is 1.77 bits per heavy atom. The van der Waals surface area contributed by atoms with Gasteiger partial charge in [-0.15, -0.1) is 0 Å². The van der Waals surface area contributed by atoms with Crippen LogP contribution in [-0.2, 0) is 0 Å². The number of halogens is 1. The predicted molar refractivity (Wildman–Crippen MR) is 103 cm³/mol. The van der Waals surface area contributed by atoms with E-state index in [2.05, 4.69) is 57.5 Å². The molecule has 0 aliphatic carbocycles. The third-order valence-corrected chi connectivity index (χ3v) is 4.99. The van der Waals surface area contributed by atoms with Crippen LogP contribution in [0.2, 0.25) is 0 Å². The van der Waals surface area contributed by atoms with Crippen LogP contribution in [0.25, 0.3) is 10.2 Å². The first-order valence-electron chi connectivity index (χ1n) is 6.72. The van der Waals surface area contributed by atoms with Crippen molar-refractivity contribution in [3.63, 3.8) is 0 Å². The highest BCUT2D eigenvalue weighted by Crippen LogP contribution is 2.28. The van der Waals surface area contributed by atoms with Crippen molar-refractivity contribution in [1.82, 2.24) is 4.98 Å². The first-order valence-corrected chi connectivity index (χ1v) is 8.74. The van der Waals surface area contributed by atoms with Gasteiger partial charge in [0.2, 0.25) is 0 Å². The zero-order valence-corrected chi connectivity index (χ0v) is 15.3. The zero-order valence-electron chi connectivity index (χ0n) is 12.1. The summed E-state index contributed by atoms with van der Waals surface area (Å²) in [6.07, 6.45) is 0. The lowest BCUT2D eigenvalue weighted by Gasteiger charge is -2.08. The van der Waals surface area contributed by atoms with E-state index < -0.39 is 0 Å². The molecule has 3 aromatic rings. The number of anilines is 2. The highest BCUT2D eigenvalue weighted by atomic mass is 79.9. The van der Waals surface area contributed by atoms with Gasteiger partial charge in [0.05, 0.1) is 10.2 Å². The van der Waals surface area contributed by atoms with E-state index in [1.54, 1.807) is 11.3 Å². The Bertz CT molecular complexity index is 801. The molecule has 0 atom stereocenters. The average molecular weight is 392 g/mol. The summed E-state index contributed by atoms with van der Waals surface area (Å²) in [5.74, 6) is 0. The molecule has 0 aliphatic rings. The van der Waals surface area contributed by atoms with Crippen LogP contribution in [0.1, 0.15) is 11.1 Å². The maximum absolute atomic E-state index is 5.34. The van der Waals surface area contributed by atoms with Gasteiger partial charge in [0, 0.05) is 10.2 Å². The molecule has 0 spiro atoms. The number of thiazole rings is 1. The first kappa shape index (κ1) is 15.4. The highest BCUT2D eigenvalue weighted by molar-refractivity contribution is 9.10. The van der Waals surface area contributed by atoms with Gasteiger partial charge in [-0.25, -0.2) is 4.98 Å². The molecule has 2 N–H and O–H groups in total. The van der Waals surface area contributed by atoms with E-state index in [0.29, 0.717) is 5.11 Å². The Labute approximate surface area is 146 Å². The maximum atomic E-state index is 5.34. The Kier molecular flexibility index (Phi) is 4.42. The summed E-state index contributed by atoms with van der Waals surface area (Å²) in [6, 6.07) is 12.1. The molecule has 2 aromatic carbocycles. The van der Waals surface area contributed by atoms with Gasteiger partial charge in [0.1, 0.15) is 0 Å². The molecule has 3 rings (SSSR count). The molecule has 3 nitrogen and oxygen atoms in total. The molecule has 0 saturated heterocycles. The van der Waals surface area contributed by atoms with Crippen molar-refractivity contribution < 1.29 is 0 Å². The summed E-state index contributed by atoms with van der Waals surface area (Å²) in [4.78, 5) is 4.58. The quantitative estimate of drug-likeness (QED) is 0.566. The Balaban J connectivity index is 1.75. The maximum Gasteiger partial charge on any atom is 0.190 e. The van der Waals surface area contributed by atoms with Crippen molar-refractivity contribution in [2.45, 2.75) is 13.8 Å². The van der Waals surface area contributed by atoms with Crippen molar-refractivity contribution in [3.8, 4) is 0 Å². The Hall–Kier alpha value is -1.50. The van der Waals surface area contributed by atoms with Crippen molar-refractivity contribution in [2.24, 2.45) is 0 Å². The minimum atomic E-state index is 0.537. The lowest BCUT2D eigenvalue weighted by molar-refractivity contribution is 1.35. The number of hydrogen-bond acceptors (Lipinski definition) is 3. The minimum Gasteiger partial charge on any atom is -0.332 e. The van der Waals surface area contributed by atoms with Gasteiger partial charge >= 0.3 is 0 Å². The molecule has 0 aliphatic heterocycles. The largest absolute Gasteiger partial charge is 0.332 e. The highest BCUT2D eigenvalue weighted by Gasteiger charge is 2.07. The number of benzene rings is 2. The molecule has 0 saturated carbocycles. The molecule has 22 heavy (non-hydrogen) atoms. The fourth-order valence-corrected chi connectivity index (χ4v) is 3.52. The van der Waals surface area contributed by atoms with E-state index in [-0.39, 0.29) is 0 Å². The fraction of sp³-hybridized carbons (Fsp3) is 0.125. The number of aryl methyl sites for hydroxylation is 2. The molecule has 0 unspecified atom stereocenters. The lowest BCUT2D eigenvalue weighted by atomic mass is 10.1. The van der Waals surface area contributed by atoms with Gasteiger partial charge in [0.15, 0.2) is 10.2 Å². The third-order valence-electron chi connectivity index (χ3n) is 3.33. The number of fused-ring (bicyclic) bond motifs is 1. The molecular formula is C16H14BrN3S2. The molecule has 0 bridgehead atoms. The number of aromatic nitrogens is 1. The number of nitrogens with one attached hydrogen (secondary N) is 2. The fourth-order valence-electron chi connectivity index (χ4n) is 2.03. The van der Waals surface area contributed by atoms with E-state index in [1.807, 2.05) is 24.3 Å². The number of rotatable bonds is 2. The van der Waals surface area contributed by atoms with Crippen LogP contribution in [0, 0.1) is 13.8 Å². The number of thiocarbonyl (C=S) groups is 1. The summed E-state index contributed by atoms with van der Waals surface area (Å²) in [7, 11) is 0. The van der Waals surface area contributed by atoms with E-state index in [0.717, 1.165) is 25.5 Å². The standard InChI is InChI=1S/C16H14BrN3S2/c1-9-7-13-14(8-10(9)2)22-16(19-13)20-15(21)18-12-5-3-11(17)4-6-12/h3-8H,1-2H3,(H2,18,19,20,21). The van der Waals surface area contributed by atoms with Crippen molar-refractivity contribution in [3.05, 3.63) is 52.0 Å². The Morgan fingerprint density at radius 3 is 2.50 bits per heavy atom. The van der Waals surface area contributed by atoms with Crippen LogP contribution in [0.5, 0.6) is 0 Å². The molecule has 112 valence electrons. The third kappa shape index (κ3) is 3.45. The molecule has 0 radical (unpaired) electrons. The van der Waals surface area contributed by atoms with E-state index in [9.17, 15) is 0 Å². The lowest BCUT2D eigenvalue weighted by Crippen LogP contribution is -2.18. The molecule has 1 aromatic heterocycles. The van der Waals surface area contributed by atoms with Crippen LogP contribution in [0.15, 0.2) is 40.9 Å². The Morgan fingerprint density at radius 1 is 1.09 bits per heavy atom. The van der Waals surface area contributed by atoms with Gasteiger partial charge in [0.25, 0.3) is 0 Å². The molecule has 0 fully saturated rings. The van der Waals surface area contributed by atoms with Gasteiger partial charge in [-0.3, -0.25) is 0 Å². The minimum absolute atomic E-state index is 0.537. The molecule has 6 heteroatoms. The van der Waals surface area contributed by atoms with Crippen molar-refractivity contribution in [2.75, 3.05) is 10.6 Å². The van der Waals surface area contributed by atoms with Crippen LogP contribution in [-0.4, -0.2) is 10.1 Å². The number of hydrogen-bond donors (Lipinski definition) is 2.